The molecule has 1 aromatic heterocycles. The zero-order valence-electron chi connectivity index (χ0n) is 15.2. The van der Waals surface area contributed by atoms with E-state index in [1.54, 1.807) is 30.3 Å². The maximum atomic E-state index is 12.4. The number of hydrogen-bond acceptors (Lipinski definition) is 5. The number of aromatic nitrogens is 1. The Balaban J connectivity index is 1.73. The molecule has 0 aliphatic rings. The second kappa shape index (κ2) is 8.50. The summed E-state index contributed by atoms with van der Waals surface area (Å²) in [5.74, 6) is -1.34. The predicted octanol–water partition coefficient (Wildman–Crippen LogP) is 4.54. The van der Waals surface area contributed by atoms with Crippen molar-refractivity contribution in [1.29, 1.82) is 0 Å². The summed E-state index contributed by atoms with van der Waals surface area (Å²) >= 11 is 7.67. The van der Waals surface area contributed by atoms with Crippen molar-refractivity contribution in [2.24, 2.45) is 0 Å². The number of esters is 1. The monoisotopic (exact) mass is 416 g/mol. The molecule has 144 valence electrons. The molecule has 8 heteroatoms. The van der Waals surface area contributed by atoms with Gasteiger partial charge in [0.05, 0.1) is 10.7 Å². The normalized spacial score (nSPS) is 10.7. The third-order valence-electron chi connectivity index (χ3n) is 4.01. The number of rotatable bonds is 6. The molecule has 1 heterocycles. The van der Waals surface area contributed by atoms with Gasteiger partial charge in [-0.15, -0.1) is 11.8 Å². The molecule has 3 aromatic rings. The summed E-state index contributed by atoms with van der Waals surface area (Å²) in [5, 5.41) is 3.65. The molecule has 3 rings (SSSR count). The van der Waals surface area contributed by atoms with Gasteiger partial charge in [0.25, 0.3) is 0 Å². The first-order valence-corrected chi connectivity index (χ1v) is 9.93. The number of benzene rings is 2. The van der Waals surface area contributed by atoms with E-state index in [0.717, 1.165) is 4.90 Å². The highest BCUT2D eigenvalue weighted by molar-refractivity contribution is 7.98. The highest BCUT2D eigenvalue weighted by Crippen LogP contribution is 2.28. The molecule has 0 spiro atoms. The molecule has 28 heavy (non-hydrogen) atoms. The number of anilines is 1. The topological polar surface area (TPSA) is 88.3 Å². The van der Waals surface area contributed by atoms with Gasteiger partial charge in [0, 0.05) is 28.3 Å². The SMILES string of the molecule is CSc1ccc(C(=O)COC(=O)c2[nH]c3ccccc3c2Cl)cc1NC(C)=O. The standard InChI is InChI=1S/C20H17ClN2O4S/c1-11(24)22-15-9-12(7-8-17(15)28-2)16(25)10-27-20(26)19-18(21)13-5-3-4-6-14(13)23-19/h3-9,23H,10H2,1-2H3,(H,22,24). The first kappa shape index (κ1) is 20.0. The summed E-state index contributed by atoms with van der Waals surface area (Å²) in [6.07, 6.45) is 1.87. The number of H-pyrrole nitrogens is 1. The molecule has 0 bridgehead atoms. The van der Waals surface area contributed by atoms with E-state index in [-0.39, 0.29) is 22.4 Å². The number of hydrogen-bond donors (Lipinski definition) is 2. The number of Topliss-reactive ketones (excluding diaryl/α,β-unsaturated/α-hetero) is 1. The van der Waals surface area contributed by atoms with Gasteiger partial charge in [0.2, 0.25) is 5.91 Å². The van der Waals surface area contributed by atoms with E-state index in [1.807, 2.05) is 18.4 Å². The van der Waals surface area contributed by atoms with E-state index >= 15 is 0 Å². The number of para-hydroxylation sites is 1. The number of aromatic amines is 1. The fraction of sp³-hybridized carbons (Fsp3) is 0.150. The molecular weight excluding hydrogens is 400 g/mol. The average Bonchev–Trinajstić information content (AvgIpc) is 3.02. The average molecular weight is 417 g/mol. The Hall–Kier alpha value is -2.77. The fourth-order valence-corrected chi connectivity index (χ4v) is 3.53. The van der Waals surface area contributed by atoms with Crippen molar-refractivity contribution in [3.63, 3.8) is 0 Å². The molecule has 6 nitrogen and oxygen atoms in total. The molecule has 1 amide bonds. The second-order valence-electron chi connectivity index (χ2n) is 5.96. The highest BCUT2D eigenvalue weighted by Gasteiger charge is 2.19. The van der Waals surface area contributed by atoms with Crippen molar-refractivity contribution in [3.8, 4) is 0 Å². The molecule has 0 radical (unpaired) electrons. The van der Waals surface area contributed by atoms with Gasteiger partial charge >= 0.3 is 5.97 Å². The van der Waals surface area contributed by atoms with Crippen LogP contribution >= 0.6 is 23.4 Å². The van der Waals surface area contributed by atoms with Gasteiger partial charge in [0.15, 0.2) is 12.4 Å². The molecule has 2 N–H and O–H groups in total. The second-order valence-corrected chi connectivity index (χ2v) is 7.18. The summed E-state index contributed by atoms with van der Waals surface area (Å²) in [5.41, 5.74) is 1.68. The minimum Gasteiger partial charge on any atom is -0.453 e. The van der Waals surface area contributed by atoms with E-state index in [4.69, 9.17) is 16.3 Å². The van der Waals surface area contributed by atoms with E-state index < -0.39 is 12.6 Å². The van der Waals surface area contributed by atoms with Crippen LogP contribution in [0.3, 0.4) is 0 Å². The number of nitrogens with one attached hydrogen (secondary N) is 2. The van der Waals surface area contributed by atoms with E-state index in [9.17, 15) is 14.4 Å². The Morgan fingerprint density at radius 2 is 1.93 bits per heavy atom. The predicted molar refractivity (Wildman–Crippen MR) is 110 cm³/mol. The van der Waals surface area contributed by atoms with Crippen LogP contribution in [0.5, 0.6) is 0 Å². The molecule has 0 saturated heterocycles. The van der Waals surface area contributed by atoms with Crippen molar-refractivity contribution < 1.29 is 19.1 Å². The van der Waals surface area contributed by atoms with Gasteiger partial charge in [0.1, 0.15) is 5.69 Å². The number of thioether (sulfide) groups is 1. The van der Waals surface area contributed by atoms with Crippen LogP contribution in [0.25, 0.3) is 10.9 Å². The molecule has 0 unspecified atom stereocenters. The lowest BCUT2D eigenvalue weighted by Crippen LogP contribution is -2.15. The van der Waals surface area contributed by atoms with Gasteiger partial charge in [-0.3, -0.25) is 9.59 Å². The fourth-order valence-electron chi connectivity index (χ4n) is 2.70. The number of fused-ring (bicyclic) bond motifs is 1. The molecule has 0 aliphatic heterocycles. The van der Waals surface area contributed by atoms with Crippen LogP contribution in [0, 0.1) is 0 Å². The summed E-state index contributed by atoms with van der Waals surface area (Å²) < 4.78 is 5.14. The molecule has 0 fully saturated rings. The third-order valence-corrected chi connectivity index (χ3v) is 5.20. The van der Waals surface area contributed by atoms with Crippen molar-refractivity contribution in [2.75, 3.05) is 18.2 Å². The van der Waals surface area contributed by atoms with Gasteiger partial charge < -0.3 is 15.0 Å². The van der Waals surface area contributed by atoms with E-state index in [2.05, 4.69) is 10.3 Å². The van der Waals surface area contributed by atoms with Gasteiger partial charge in [-0.25, -0.2) is 4.79 Å². The molecule has 0 saturated carbocycles. The zero-order valence-corrected chi connectivity index (χ0v) is 16.7. The van der Waals surface area contributed by atoms with Crippen LogP contribution in [-0.2, 0) is 9.53 Å². The number of ketones is 1. The number of ether oxygens (including phenoxy) is 1. The van der Waals surface area contributed by atoms with E-state index in [1.165, 1.54) is 18.7 Å². The lowest BCUT2D eigenvalue weighted by Gasteiger charge is -2.10. The Bertz CT molecular complexity index is 1080. The Morgan fingerprint density at radius 3 is 2.61 bits per heavy atom. The first-order chi connectivity index (χ1) is 13.4. The number of halogens is 1. The highest BCUT2D eigenvalue weighted by atomic mass is 35.5. The van der Waals surface area contributed by atoms with Crippen molar-refractivity contribution in [2.45, 2.75) is 11.8 Å². The van der Waals surface area contributed by atoms with Gasteiger partial charge in [-0.05, 0) is 24.5 Å². The number of amides is 1. The molecule has 0 atom stereocenters. The summed E-state index contributed by atoms with van der Waals surface area (Å²) in [6.45, 7) is 0.951. The quantitative estimate of drug-likeness (QED) is 0.350. The van der Waals surface area contributed by atoms with Crippen molar-refractivity contribution in [1.82, 2.24) is 4.98 Å². The smallest absolute Gasteiger partial charge is 0.356 e. The number of carbonyl (C=O) groups is 3. The Kier molecular flexibility index (Phi) is 6.06. The number of carbonyl (C=O) groups excluding carboxylic acids is 3. The van der Waals surface area contributed by atoms with Crippen molar-refractivity contribution in [3.05, 3.63) is 58.7 Å². The molecular formula is C20H17ClN2O4S. The maximum absolute atomic E-state index is 12.4. The Labute approximate surface area is 170 Å². The van der Waals surface area contributed by atoms with Crippen molar-refractivity contribution >= 4 is 57.6 Å². The minimum absolute atomic E-state index is 0.104. The zero-order chi connectivity index (χ0) is 20.3. The molecule has 0 aliphatic carbocycles. The first-order valence-electron chi connectivity index (χ1n) is 8.33. The van der Waals surface area contributed by atoms with Crippen LogP contribution in [0.2, 0.25) is 5.02 Å². The lowest BCUT2D eigenvalue weighted by molar-refractivity contribution is -0.114. The summed E-state index contributed by atoms with van der Waals surface area (Å²) in [6, 6.07) is 12.1. The van der Waals surface area contributed by atoms with Crippen LogP contribution in [-0.4, -0.2) is 35.5 Å². The third kappa shape index (κ3) is 4.21. The largest absolute Gasteiger partial charge is 0.453 e. The summed E-state index contributed by atoms with van der Waals surface area (Å²) in [4.78, 5) is 39.9. The van der Waals surface area contributed by atoms with Gasteiger partial charge in [-0.2, -0.15) is 0 Å². The van der Waals surface area contributed by atoms with Gasteiger partial charge in [-0.1, -0.05) is 35.9 Å². The maximum Gasteiger partial charge on any atom is 0.356 e. The molecule has 2 aromatic carbocycles. The van der Waals surface area contributed by atoms with Crippen LogP contribution in [0.15, 0.2) is 47.4 Å². The lowest BCUT2D eigenvalue weighted by atomic mass is 10.1. The summed E-state index contributed by atoms with van der Waals surface area (Å²) in [7, 11) is 0. The van der Waals surface area contributed by atoms with E-state index in [0.29, 0.717) is 22.2 Å². The minimum atomic E-state index is -0.711. The van der Waals surface area contributed by atoms with Crippen LogP contribution in [0.1, 0.15) is 27.8 Å². The Morgan fingerprint density at radius 1 is 1.18 bits per heavy atom. The van der Waals surface area contributed by atoms with Crippen LogP contribution < -0.4 is 5.32 Å². The van der Waals surface area contributed by atoms with Crippen LogP contribution in [0.4, 0.5) is 5.69 Å².